The highest BCUT2D eigenvalue weighted by atomic mass is 16.5. The van der Waals surface area contributed by atoms with Crippen LogP contribution in [0, 0.1) is 0 Å². The van der Waals surface area contributed by atoms with Crippen LogP contribution in [0.4, 0.5) is 0 Å². The molecule has 0 saturated heterocycles. The molecule has 1 heterocycles. The monoisotopic (exact) mass is 233 g/mol. The van der Waals surface area contributed by atoms with E-state index in [4.69, 9.17) is 9.47 Å². The number of amides is 2. The molecule has 5 heteroatoms. The van der Waals surface area contributed by atoms with Gasteiger partial charge in [-0.15, -0.1) is 0 Å². The number of benzene rings is 1. The summed E-state index contributed by atoms with van der Waals surface area (Å²) in [6, 6.07) is 5.04. The summed E-state index contributed by atoms with van der Waals surface area (Å²) in [6.07, 6.45) is 1.27. The first kappa shape index (κ1) is 11.2. The molecule has 0 atom stereocenters. The van der Waals surface area contributed by atoms with Gasteiger partial charge in [0.15, 0.2) is 11.5 Å². The second kappa shape index (κ2) is 4.29. The number of methoxy groups -OCH3 is 2. The summed E-state index contributed by atoms with van der Waals surface area (Å²) in [5.41, 5.74) is 0.946. The van der Waals surface area contributed by atoms with Crippen molar-refractivity contribution in [2.24, 2.45) is 0 Å². The Morgan fingerprint density at radius 2 is 1.76 bits per heavy atom. The van der Waals surface area contributed by atoms with E-state index in [2.05, 4.69) is 5.32 Å². The van der Waals surface area contributed by atoms with Crippen molar-refractivity contribution in [2.75, 3.05) is 14.2 Å². The molecular weight excluding hydrogens is 222 g/mol. The number of rotatable bonds is 3. The number of hydrogen-bond donors (Lipinski definition) is 1. The third kappa shape index (κ3) is 1.99. The van der Waals surface area contributed by atoms with E-state index in [0.717, 1.165) is 0 Å². The third-order valence-electron chi connectivity index (χ3n) is 2.45. The molecule has 1 aromatic carbocycles. The molecule has 0 spiro atoms. The van der Waals surface area contributed by atoms with Crippen LogP contribution in [-0.4, -0.2) is 26.0 Å². The van der Waals surface area contributed by atoms with E-state index in [0.29, 0.717) is 22.6 Å². The fraction of sp³-hybridized carbons (Fsp3) is 0.167. The van der Waals surface area contributed by atoms with Crippen LogP contribution in [0.1, 0.15) is 5.56 Å². The van der Waals surface area contributed by atoms with Crippen LogP contribution in [0.15, 0.2) is 24.3 Å². The highest BCUT2D eigenvalue weighted by Crippen LogP contribution is 2.31. The van der Waals surface area contributed by atoms with Gasteiger partial charge in [0, 0.05) is 6.08 Å². The maximum Gasteiger partial charge on any atom is 0.258 e. The third-order valence-corrected chi connectivity index (χ3v) is 2.45. The van der Waals surface area contributed by atoms with Crippen molar-refractivity contribution in [3.63, 3.8) is 0 Å². The number of carbonyl (C=O) groups excluding carboxylic acids is 2. The SMILES string of the molecule is COc1ccc(C2=CC(=O)NC2=O)cc1OC. The average molecular weight is 233 g/mol. The van der Waals surface area contributed by atoms with Crippen molar-refractivity contribution in [1.29, 1.82) is 0 Å². The number of nitrogens with one attached hydrogen (secondary N) is 1. The van der Waals surface area contributed by atoms with E-state index in [1.54, 1.807) is 18.2 Å². The lowest BCUT2D eigenvalue weighted by molar-refractivity contribution is -0.123. The van der Waals surface area contributed by atoms with Gasteiger partial charge in [-0.2, -0.15) is 0 Å². The molecule has 2 amide bonds. The number of imide groups is 1. The summed E-state index contributed by atoms with van der Waals surface area (Å²) in [7, 11) is 3.04. The Morgan fingerprint density at radius 1 is 1.06 bits per heavy atom. The highest BCUT2D eigenvalue weighted by Gasteiger charge is 2.22. The fourth-order valence-electron chi connectivity index (χ4n) is 1.63. The minimum absolute atomic E-state index is 0.330. The highest BCUT2D eigenvalue weighted by molar-refractivity contribution is 6.33. The second-order valence-electron chi connectivity index (χ2n) is 3.45. The zero-order valence-electron chi connectivity index (χ0n) is 9.44. The molecule has 0 aliphatic carbocycles. The van der Waals surface area contributed by atoms with Gasteiger partial charge in [0.25, 0.3) is 11.8 Å². The maximum atomic E-state index is 11.5. The van der Waals surface area contributed by atoms with Crippen LogP contribution >= 0.6 is 0 Å². The van der Waals surface area contributed by atoms with Crippen LogP contribution in [0.25, 0.3) is 5.57 Å². The molecule has 88 valence electrons. The molecule has 0 fully saturated rings. The van der Waals surface area contributed by atoms with E-state index in [9.17, 15) is 9.59 Å². The first-order valence-corrected chi connectivity index (χ1v) is 4.95. The normalized spacial score (nSPS) is 14.4. The molecule has 1 N–H and O–H groups in total. The molecular formula is C12H11NO4. The summed E-state index contributed by atoms with van der Waals surface area (Å²) in [4.78, 5) is 22.5. The number of hydrogen-bond acceptors (Lipinski definition) is 4. The van der Waals surface area contributed by atoms with Crippen molar-refractivity contribution < 1.29 is 19.1 Å². The standard InChI is InChI=1S/C12H11NO4/c1-16-9-4-3-7(5-10(9)17-2)8-6-11(14)13-12(8)15/h3-6H,1-2H3,(H,13,14,15). The first-order valence-electron chi connectivity index (χ1n) is 4.95. The molecule has 0 bridgehead atoms. The molecule has 1 aliphatic rings. The van der Waals surface area contributed by atoms with Gasteiger partial charge in [0.05, 0.1) is 19.8 Å². The molecule has 5 nitrogen and oxygen atoms in total. The van der Waals surface area contributed by atoms with Gasteiger partial charge in [-0.25, -0.2) is 0 Å². The van der Waals surface area contributed by atoms with Gasteiger partial charge in [-0.3, -0.25) is 14.9 Å². The van der Waals surface area contributed by atoms with Crippen LogP contribution in [0.3, 0.4) is 0 Å². The van der Waals surface area contributed by atoms with E-state index in [1.165, 1.54) is 20.3 Å². The van der Waals surface area contributed by atoms with Gasteiger partial charge >= 0.3 is 0 Å². The Morgan fingerprint density at radius 3 is 2.29 bits per heavy atom. The molecule has 17 heavy (non-hydrogen) atoms. The van der Waals surface area contributed by atoms with Gasteiger partial charge in [-0.1, -0.05) is 6.07 Å². The predicted molar refractivity (Wildman–Crippen MR) is 60.7 cm³/mol. The number of carbonyl (C=O) groups is 2. The molecule has 0 unspecified atom stereocenters. The van der Waals surface area contributed by atoms with Crippen LogP contribution in [-0.2, 0) is 9.59 Å². The van der Waals surface area contributed by atoms with E-state index >= 15 is 0 Å². The Hall–Kier alpha value is -2.30. The average Bonchev–Trinajstić information content (AvgIpc) is 2.67. The zero-order valence-corrected chi connectivity index (χ0v) is 9.44. The van der Waals surface area contributed by atoms with Gasteiger partial charge < -0.3 is 9.47 Å². The molecule has 1 aliphatic heterocycles. The largest absolute Gasteiger partial charge is 0.493 e. The lowest BCUT2D eigenvalue weighted by Crippen LogP contribution is -2.21. The lowest BCUT2D eigenvalue weighted by atomic mass is 10.1. The molecule has 1 aromatic rings. The summed E-state index contributed by atoms with van der Waals surface area (Å²) in [5, 5.41) is 2.19. The smallest absolute Gasteiger partial charge is 0.258 e. The number of ether oxygens (including phenoxy) is 2. The Labute approximate surface area is 98.0 Å². The van der Waals surface area contributed by atoms with Crippen molar-refractivity contribution in [2.45, 2.75) is 0 Å². The molecule has 2 rings (SSSR count). The summed E-state index contributed by atoms with van der Waals surface area (Å²) >= 11 is 0. The Bertz CT molecular complexity index is 519. The van der Waals surface area contributed by atoms with Gasteiger partial charge in [-0.05, 0) is 17.7 Å². The van der Waals surface area contributed by atoms with Crippen LogP contribution < -0.4 is 14.8 Å². The van der Waals surface area contributed by atoms with Crippen LogP contribution in [0.2, 0.25) is 0 Å². The summed E-state index contributed by atoms with van der Waals surface area (Å²) < 4.78 is 10.2. The molecule has 0 radical (unpaired) electrons. The summed E-state index contributed by atoms with van der Waals surface area (Å²) in [5.74, 6) is 0.279. The van der Waals surface area contributed by atoms with E-state index in [1.807, 2.05) is 0 Å². The Kier molecular flexibility index (Phi) is 2.82. The van der Waals surface area contributed by atoms with E-state index in [-0.39, 0.29) is 0 Å². The summed E-state index contributed by atoms with van der Waals surface area (Å²) in [6.45, 7) is 0. The topological polar surface area (TPSA) is 64.6 Å². The zero-order chi connectivity index (χ0) is 12.4. The van der Waals surface area contributed by atoms with E-state index < -0.39 is 11.8 Å². The predicted octanol–water partition coefficient (Wildman–Crippen LogP) is 0.744. The van der Waals surface area contributed by atoms with Crippen molar-refractivity contribution in [1.82, 2.24) is 5.32 Å². The lowest BCUT2D eigenvalue weighted by Gasteiger charge is -2.09. The minimum atomic E-state index is -0.403. The Balaban J connectivity index is 2.44. The van der Waals surface area contributed by atoms with Gasteiger partial charge in [0.1, 0.15) is 0 Å². The van der Waals surface area contributed by atoms with Crippen molar-refractivity contribution in [3.8, 4) is 11.5 Å². The minimum Gasteiger partial charge on any atom is -0.493 e. The fourth-order valence-corrected chi connectivity index (χ4v) is 1.63. The maximum absolute atomic E-state index is 11.5. The van der Waals surface area contributed by atoms with Gasteiger partial charge in [0.2, 0.25) is 0 Å². The van der Waals surface area contributed by atoms with Crippen molar-refractivity contribution >= 4 is 17.4 Å². The van der Waals surface area contributed by atoms with Crippen LogP contribution in [0.5, 0.6) is 11.5 Å². The molecule has 0 saturated carbocycles. The molecule has 0 aromatic heterocycles. The first-order chi connectivity index (χ1) is 8.15. The second-order valence-corrected chi connectivity index (χ2v) is 3.45. The van der Waals surface area contributed by atoms with Crippen molar-refractivity contribution in [3.05, 3.63) is 29.8 Å². The quantitative estimate of drug-likeness (QED) is 0.782.